The van der Waals surface area contributed by atoms with Crippen molar-refractivity contribution in [3.05, 3.63) is 0 Å². The Balaban J connectivity index is 1.95. The van der Waals surface area contributed by atoms with E-state index in [0.717, 1.165) is 25.3 Å². The molecule has 0 aliphatic carbocycles. The predicted molar refractivity (Wildman–Crippen MR) is 77.2 cm³/mol. The largest absolute Gasteiger partial charge is 0.394 e. The van der Waals surface area contributed by atoms with Crippen LogP contribution in [0.3, 0.4) is 0 Å². The summed E-state index contributed by atoms with van der Waals surface area (Å²) < 4.78 is 0. The molecule has 5 nitrogen and oxygen atoms in total. The van der Waals surface area contributed by atoms with Gasteiger partial charge in [0.15, 0.2) is 0 Å². The molecule has 1 heterocycles. The highest BCUT2D eigenvalue weighted by atomic mass is 16.3. The Morgan fingerprint density at radius 2 is 2.05 bits per heavy atom. The quantitative estimate of drug-likeness (QED) is 0.609. The number of likely N-dealkylation sites (tertiary alicyclic amines) is 1. The highest BCUT2D eigenvalue weighted by Gasteiger charge is 2.14. The Labute approximate surface area is 116 Å². The summed E-state index contributed by atoms with van der Waals surface area (Å²) in [6.07, 6.45) is 4.77. The van der Waals surface area contributed by atoms with Crippen LogP contribution >= 0.6 is 0 Å². The molecule has 0 aromatic carbocycles. The molecule has 5 heteroatoms. The molecule has 0 radical (unpaired) electrons. The fraction of sp³-hybridized carbons (Fsp3) is 0.929. The molecule has 0 aromatic rings. The van der Waals surface area contributed by atoms with Crippen LogP contribution in [0.1, 0.15) is 39.5 Å². The normalized spacial score (nSPS) is 19.1. The average Bonchev–Trinajstić information content (AvgIpc) is 2.40. The zero-order valence-corrected chi connectivity index (χ0v) is 12.3. The van der Waals surface area contributed by atoms with Crippen molar-refractivity contribution in [2.45, 2.75) is 45.6 Å². The van der Waals surface area contributed by atoms with E-state index in [1.807, 2.05) is 0 Å². The molecule has 112 valence electrons. The molecule has 1 atom stereocenters. The van der Waals surface area contributed by atoms with Gasteiger partial charge < -0.3 is 20.6 Å². The van der Waals surface area contributed by atoms with Gasteiger partial charge in [-0.1, -0.05) is 6.92 Å². The lowest BCUT2D eigenvalue weighted by atomic mass is 9.99. The molecule has 1 aliphatic rings. The van der Waals surface area contributed by atoms with Crippen molar-refractivity contribution in [3.63, 3.8) is 0 Å². The number of nitrogens with one attached hydrogen (secondary N) is 2. The Kier molecular flexibility index (Phi) is 7.82. The van der Waals surface area contributed by atoms with Crippen LogP contribution in [0.15, 0.2) is 0 Å². The monoisotopic (exact) mass is 271 g/mol. The van der Waals surface area contributed by atoms with E-state index in [1.165, 1.54) is 25.9 Å². The average molecular weight is 271 g/mol. The predicted octanol–water partition coefficient (Wildman–Crippen LogP) is 1.18. The smallest absolute Gasteiger partial charge is 0.315 e. The topological polar surface area (TPSA) is 64.6 Å². The van der Waals surface area contributed by atoms with Gasteiger partial charge in [0.25, 0.3) is 0 Å². The van der Waals surface area contributed by atoms with Crippen LogP contribution in [0.5, 0.6) is 0 Å². The van der Waals surface area contributed by atoms with E-state index in [1.54, 1.807) is 6.92 Å². The van der Waals surface area contributed by atoms with Gasteiger partial charge in [-0.2, -0.15) is 0 Å². The van der Waals surface area contributed by atoms with Gasteiger partial charge in [-0.05, 0) is 58.2 Å². The fourth-order valence-corrected chi connectivity index (χ4v) is 2.27. The lowest BCUT2D eigenvalue weighted by Gasteiger charge is -2.30. The number of urea groups is 1. The number of carbonyl (C=O) groups excluding carboxylic acids is 1. The molecular weight excluding hydrogens is 242 g/mol. The second-order valence-corrected chi connectivity index (χ2v) is 5.72. The maximum absolute atomic E-state index is 11.4. The van der Waals surface area contributed by atoms with E-state index in [-0.39, 0.29) is 18.7 Å². The molecule has 0 aromatic heterocycles. The van der Waals surface area contributed by atoms with Crippen molar-refractivity contribution < 1.29 is 9.90 Å². The first-order valence-corrected chi connectivity index (χ1v) is 7.49. The van der Waals surface area contributed by atoms with Crippen molar-refractivity contribution in [1.29, 1.82) is 0 Å². The van der Waals surface area contributed by atoms with Gasteiger partial charge in [0, 0.05) is 6.54 Å². The molecule has 1 fully saturated rings. The molecule has 3 N–H and O–H groups in total. The summed E-state index contributed by atoms with van der Waals surface area (Å²) in [6, 6.07) is -0.372. The number of nitrogens with zero attached hydrogens (tertiary/aromatic N) is 1. The lowest BCUT2D eigenvalue weighted by Crippen LogP contribution is -2.42. The van der Waals surface area contributed by atoms with Crippen molar-refractivity contribution in [2.24, 2.45) is 5.92 Å². The Morgan fingerprint density at radius 1 is 1.37 bits per heavy atom. The Hall–Kier alpha value is -0.810. The summed E-state index contributed by atoms with van der Waals surface area (Å²) in [5.41, 5.74) is 0. The molecule has 0 bridgehead atoms. The van der Waals surface area contributed by atoms with E-state index in [4.69, 9.17) is 5.11 Å². The molecule has 0 saturated carbocycles. The van der Waals surface area contributed by atoms with Crippen LogP contribution in [0.25, 0.3) is 0 Å². The number of piperidine rings is 1. The molecule has 1 aliphatic heterocycles. The third kappa shape index (κ3) is 7.38. The summed E-state index contributed by atoms with van der Waals surface area (Å²) in [5, 5.41) is 14.3. The molecule has 1 rings (SSSR count). The Morgan fingerprint density at radius 3 is 2.68 bits per heavy atom. The highest BCUT2D eigenvalue weighted by molar-refractivity contribution is 5.74. The molecule has 2 amide bonds. The van der Waals surface area contributed by atoms with Gasteiger partial charge in [0.2, 0.25) is 0 Å². The number of rotatable bonds is 7. The minimum absolute atomic E-state index is 0.0270. The van der Waals surface area contributed by atoms with Crippen LogP contribution in [0.4, 0.5) is 4.79 Å². The van der Waals surface area contributed by atoms with Gasteiger partial charge in [-0.15, -0.1) is 0 Å². The fourth-order valence-electron chi connectivity index (χ4n) is 2.27. The number of aliphatic hydroxyl groups is 1. The molecule has 1 saturated heterocycles. The Bertz CT molecular complexity index is 253. The lowest BCUT2D eigenvalue weighted by molar-refractivity contribution is 0.189. The van der Waals surface area contributed by atoms with Crippen LogP contribution in [0, 0.1) is 5.92 Å². The number of hydrogen-bond acceptors (Lipinski definition) is 3. The van der Waals surface area contributed by atoms with Crippen molar-refractivity contribution in [2.75, 3.05) is 32.8 Å². The number of hydrogen-bond donors (Lipinski definition) is 3. The zero-order chi connectivity index (χ0) is 14.1. The number of carbonyl (C=O) groups is 1. The minimum atomic E-state index is -0.187. The third-order valence-corrected chi connectivity index (χ3v) is 3.71. The van der Waals surface area contributed by atoms with Gasteiger partial charge in [0.1, 0.15) is 0 Å². The number of aliphatic hydroxyl groups excluding tert-OH is 1. The third-order valence-electron chi connectivity index (χ3n) is 3.71. The molecular formula is C14H29N3O2. The van der Waals surface area contributed by atoms with Crippen LogP contribution in [-0.4, -0.2) is 54.9 Å². The van der Waals surface area contributed by atoms with Crippen molar-refractivity contribution in [3.8, 4) is 0 Å². The van der Waals surface area contributed by atoms with E-state index in [9.17, 15) is 4.79 Å². The number of unbranched alkanes of at least 4 members (excludes halogenated alkanes) is 1. The van der Waals surface area contributed by atoms with Gasteiger partial charge >= 0.3 is 6.03 Å². The van der Waals surface area contributed by atoms with Crippen LogP contribution < -0.4 is 10.6 Å². The van der Waals surface area contributed by atoms with E-state index < -0.39 is 0 Å². The number of amides is 2. The van der Waals surface area contributed by atoms with E-state index >= 15 is 0 Å². The van der Waals surface area contributed by atoms with Crippen LogP contribution in [0.2, 0.25) is 0 Å². The SMILES string of the molecule is CC1CCN(CCCCNC(=O)NC(C)CO)CC1. The minimum Gasteiger partial charge on any atom is -0.394 e. The van der Waals surface area contributed by atoms with Crippen molar-refractivity contribution >= 4 is 6.03 Å². The second kappa shape index (κ2) is 9.15. The van der Waals surface area contributed by atoms with Gasteiger partial charge in [-0.3, -0.25) is 0 Å². The summed E-state index contributed by atoms with van der Waals surface area (Å²) in [6.45, 7) is 8.37. The first kappa shape index (κ1) is 16.2. The first-order valence-electron chi connectivity index (χ1n) is 7.49. The summed E-state index contributed by atoms with van der Waals surface area (Å²) >= 11 is 0. The van der Waals surface area contributed by atoms with E-state index in [2.05, 4.69) is 22.5 Å². The highest BCUT2D eigenvalue weighted by Crippen LogP contribution is 2.15. The van der Waals surface area contributed by atoms with Gasteiger partial charge in [-0.25, -0.2) is 4.79 Å². The maximum Gasteiger partial charge on any atom is 0.315 e. The standard InChI is InChI=1S/C14H29N3O2/c1-12-5-9-17(10-6-12)8-4-3-7-15-14(19)16-13(2)11-18/h12-13,18H,3-11H2,1-2H3,(H2,15,16,19). The van der Waals surface area contributed by atoms with Crippen molar-refractivity contribution in [1.82, 2.24) is 15.5 Å². The van der Waals surface area contributed by atoms with E-state index in [0.29, 0.717) is 6.54 Å². The second-order valence-electron chi connectivity index (χ2n) is 5.72. The zero-order valence-electron chi connectivity index (χ0n) is 12.3. The maximum atomic E-state index is 11.4. The summed E-state index contributed by atoms with van der Waals surface area (Å²) in [7, 11) is 0. The molecule has 0 spiro atoms. The first-order chi connectivity index (χ1) is 9.11. The summed E-state index contributed by atoms with van der Waals surface area (Å²) in [5.74, 6) is 0.884. The summed E-state index contributed by atoms with van der Waals surface area (Å²) in [4.78, 5) is 13.9. The molecule has 19 heavy (non-hydrogen) atoms. The van der Waals surface area contributed by atoms with Crippen LogP contribution in [-0.2, 0) is 0 Å². The molecule has 1 unspecified atom stereocenters. The van der Waals surface area contributed by atoms with Gasteiger partial charge in [0.05, 0.1) is 12.6 Å².